The fourth-order valence-corrected chi connectivity index (χ4v) is 1.35. The third kappa shape index (κ3) is 2.66. The van der Waals surface area contributed by atoms with E-state index in [1.165, 1.54) is 5.69 Å². The summed E-state index contributed by atoms with van der Waals surface area (Å²) in [6, 6.07) is 2.08. The molecule has 0 saturated heterocycles. The maximum Gasteiger partial charge on any atom is 0.0627 e. The van der Waals surface area contributed by atoms with E-state index in [2.05, 4.69) is 23.4 Å². The van der Waals surface area contributed by atoms with Gasteiger partial charge in [0.1, 0.15) is 0 Å². The van der Waals surface area contributed by atoms with Gasteiger partial charge in [0.15, 0.2) is 0 Å². The first-order chi connectivity index (χ1) is 5.72. The van der Waals surface area contributed by atoms with Gasteiger partial charge in [0, 0.05) is 13.2 Å². The van der Waals surface area contributed by atoms with Gasteiger partial charge in [-0.25, -0.2) is 0 Å². The lowest BCUT2D eigenvalue weighted by atomic mass is 10.1. The molecule has 0 fully saturated rings. The number of aryl methyl sites for hydroxylation is 1. The van der Waals surface area contributed by atoms with Crippen LogP contribution in [0, 0.1) is 5.92 Å². The average Bonchev–Trinajstić information content (AvgIpc) is 2.36. The molecular formula is C9H17N3. The van der Waals surface area contributed by atoms with Crippen molar-refractivity contribution >= 4 is 0 Å². The molecule has 0 aromatic carbocycles. The number of nitrogens with zero attached hydrogens (tertiary/aromatic N) is 2. The van der Waals surface area contributed by atoms with Crippen LogP contribution in [0.25, 0.3) is 0 Å². The molecule has 12 heavy (non-hydrogen) atoms. The van der Waals surface area contributed by atoms with Crippen LogP contribution in [0.1, 0.15) is 12.6 Å². The normalized spacial score (nSPS) is 13.2. The van der Waals surface area contributed by atoms with E-state index in [-0.39, 0.29) is 0 Å². The molecule has 0 radical (unpaired) electrons. The highest BCUT2D eigenvalue weighted by atomic mass is 15.2. The van der Waals surface area contributed by atoms with Gasteiger partial charge >= 0.3 is 0 Å². The van der Waals surface area contributed by atoms with Crippen LogP contribution >= 0.6 is 0 Å². The van der Waals surface area contributed by atoms with Crippen LogP contribution in [0.4, 0.5) is 0 Å². The molecule has 3 nitrogen and oxygen atoms in total. The Kier molecular flexibility index (Phi) is 3.29. The lowest BCUT2D eigenvalue weighted by Crippen LogP contribution is -2.18. The topological polar surface area (TPSA) is 29.9 Å². The average molecular weight is 167 g/mol. The summed E-state index contributed by atoms with van der Waals surface area (Å²) in [5.41, 5.74) is 1.18. The summed E-state index contributed by atoms with van der Waals surface area (Å²) < 4.78 is 1.85. The Morgan fingerprint density at radius 3 is 2.92 bits per heavy atom. The molecular weight excluding hydrogens is 150 g/mol. The molecule has 0 spiro atoms. The van der Waals surface area contributed by atoms with Gasteiger partial charge in [-0.2, -0.15) is 5.10 Å². The predicted octanol–water partition coefficient (Wildman–Crippen LogP) is 0.818. The Balaban J connectivity index is 2.41. The van der Waals surface area contributed by atoms with Crippen LogP contribution in [0.5, 0.6) is 0 Å². The van der Waals surface area contributed by atoms with E-state index in [1.54, 1.807) is 0 Å². The fraction of sp³-hybridized carbons (Fsp3) is 0.667. The molecule has 0 saturated carbocycles. The largest absolute Gasteiger partial charge is 0.319 e. The fourth-order valence-electron chi connectivity index (χ4n) is 1.35. The summed E-state index contributed by atoms with van der Waals surface area (Å²) in [7, 11) is 3.93. The first kappa shape index (κ1) is 9.26. The van der Waals surface area contributed by atoms with Crippen LogP contribution in [-0.2, 0) is 13.5 Å². The van der Waals surface area contributed by atoms with Gasteiger partial charge < -0.3 is 5.32 Å². The highest BCUT2D eigenvalue weighted by Crippen LogP contribution is 2.04. The lowest BCUT2D eigenvalue weighted by molar-refractivity contribution is 0.531. The van der Waals surface area contributed by atoms with Crippen molar-refractivity contribution in [1.29, 1.82) is 0 Å². The van der Waals surface area contributed by atoms with Crippen LogP contribution in [0.3, 0.4) is 0 Å². The third-order valence-electron chi connectivity index (χ3n) is 1.88. The minimum Gasteiger partial charge on any atom is -0.319 e. The number of rotatable bonds is 4. The van der Waals surface area contributed by atoms with Crippen LogP contribution in [0.15, 0.2) is 12.3 Å². The highest BCUT2D eigenvalue weighted by Gasteiger charge is 2.03. The minimum atomic E-state index is 0.657. The molecule has 1 rings (SSSR count). The molecule has 0 aliphatic carbocycles. The second kappa shape index (κ2) is 4.26. The van der Waals surface area contributed by atoms with Gasteiger partial charge in [0.05, 0.1) is 5.69 Å². The van der Waals surface area contributed by atoms with Crippen molar-refractivity contribution in [2.45, 2.75) is 13.3 Å². The summed E-state index contributed by atoms with van der Waals surface area (Å²) in [5, 5.41) is 7.48. The zero-order valence-electron chi connectivity index (χ0n) is 8.04. The van der Waals surface area contributed by atoms with E-state index in [4.69, 9.17) is 0 Å². The Labute approximate surface area is 73.8 Å². The van der Waals surface area contributed by atoms with Gasteiger partial charge in [0.2, 0.25) is 0 Å². The number of hydrogen-bond donors (Lipinski definition) is 1. The molecule has 1 unspecified atom stereocenters. The molecule has 0 amide bonds. The molecule has 1 heterocycles. The molecule has 1 aromatic rings. The summed E-state index contributed by atoms with van der Waals surface area (Å²) in [6.45, 7) is 3.28. The molecule has 0 aliphatic heterocycles. The molecule has 1 aromatic heterocycles. The molecule has 1 atom stereocenters. The van der Waals surface area contributed by atoms with Gasteiger partial charge in [-0.05, 0) is 32.0 Å². The Morgan fingerprint density at radius 2 is 2.42 bits per heavy atom. The maximum atomic E-state index is 4.32. The van der Waals surface area contributed by atoms with Crippen molar-refractivity contribution in [2.24, 2.45) is 13.0 Å². The predicted molar refractivity (Wildman–Crippen MR) is 50.0 cm³/mol. The Hall–Kier alpha value is -0.830. The third-order valence-corrected chi connectivity index (χ3v) is 1.88. The summed E-state index contributed by atoms with van der Waals surface area (Å²) in [6.07, 6.45) is 3.04. The monoisotopic (exact) mass is 167 g/mol. The molecule has 0 aliphatic rings. The number of nitrogens with one attached hydrogen (secondary N) is 1. The Morgan fingerprint density at radius 1 is 1.67 bits per heavy atom. The number of aromatic nitrogens is 2. The molecule has 1 N–H and O–H groups in total. The quantitative estimate of drug-likeness (QED) is 0.719. The van der Waals surface area contributed by atoms with Gasteiger partial charge in [-0.15, -0.1) is 0 Å². The SMILES string of the molecule is CNCC(C)Cc1ccn(C)n1. The van der Waals surface area contributed by atoms with Crippen molar-refractivity contribution in [3.8, 4) is 0 Å². The van der Waals surface area contributed by atoms with Crippen molar-refractivity contribution in [3.63, 3.8) is 0 Å². The zero-order valence-corrected chi connectivity index (χ0v) is 8.04. The standard InChI is InChI=1S/C9H17N3/c1-8(7-10-2)6-9-4-5-12(3)11-9/h4-5,8,10H,6-7H2,1-3H3. The number of hydrogen-bond acceptors (Lipinski definition) is 2. The smallest absolute Gasteiger partial charge is 0.0627 e. The highest BCUT2D eigenvalue weighted by molar-refractivity contribution is 4.99. The molecule has 3 heteroatoms. The van der Waals surface area contributed by atoms with Crippen molar-refractivity contribution in [2.75, 3.05) is 13.6 Å². The van der Waals surface area contributed by atoms with Crippen LogP contribution in [0.2, 0.25) is 0 Å². The van der Waals surface area contributed by atoms with Crippen molar-refractivity contribution in [1.82, 2.24) is 15.1 Å². The van der Waals surface area contributed by atoms with Gasteiger partial charge in [-0.3, -0.25) is 4.68 Å². The van der Waals surface area contributed by atoms with Crippen molar-refractivity contribution < 1.29 is 0 Å². The summed E-state index contributed by atoms with van der Waals surface area (Å²) >= 11 is 0. The van der Waals surface area contributed by atoms with E-state index >= 15 is 0 Å². The Bertz CT molecular complexity index is 229. The second-order valence-corrected chi connectivity index (χ2v) is 3.35. The van der Waals surface area contributed by atoms with Crippen LogP contribution < -0.4 is 5.32 Å². The van der Waals surface area contributed by atoms with E-state index in [0.29, 0.717) is 5.92 Å². The van der Waals surface area contributed by atoms with E-state index < -0.39 is 0 Å². The minimum absolute atomic E-state index is 0.657. The van der Waals surface area contributed by atoms with E-state index in [0.717, 1.165) is 13.0 Å². The summed E-state index contributed by atoms with van der Waals surface area (Å²) in [5.74, 6) is 0.657. The van der Waals surface area contributed by atoms with Gasteiger partial charge in [-0.1, -0.05) is 6.92 Å². The second-order valence-electron chi connectivity index (χ2n) is 3.35. The van der Waals surface area contributed by atoms with Crippen molar-refractivity contribution in [3.05, 3.63) is 18.0 Å². The summed E-state index contributed by atoms with van der Waals surface area (Å²) in [4.78, 5) is 0. The lowest BCUT2D eigenvalue weighted by Gasteiger charge is -2.07. The van der Waals surface area contributed by atoms with E-state index in [1.807, 2.05) is 25.0 Å². The maximum absolute atomic E-state index is 4.32. The molecule has 0 bridgehead atoms. The first-order valence-corrected chi connectivity index (χ1v) is 4.35. The van der Waals surface area contributed by atoms with E-state index in [9.17, 15) is 0 Å². The first-order valence-electron chi connectivity index (χ1n) is 4.35. The van der Waals surface area contributed by atoms with Gasteiger partial charge in [0.25, 0.3) is 0 Å². The van der Waals surface area contributed by atoms with Crippen LogP contribution in [-0.4, -0.2) is 23.4 Å². The molecule has 68 valence electrons. The zero-order chi connectivity index (χ0) is 8.97.